The van der Waals surface area contributed by atoms with Crippen LogP contribution in [0.15, 0.2) is 155 Å². The molecule has 4 aliphatic rings. The molecule has 3 aromatic heterocycles. The number of allylic oxidation sites excluding steroid dienone is 5. The second kappa shape index (κ2) is 9.16. The van der Waals surface area contributed by atoms with Crippen LogP contribution < -0.4 is 4.90 Å². The molecule has 0 fully saturated rings. The molecule has 0 amide bonds. The molecule has 0 bridgehead atoms. The van der Waals surface area contributed by atoms with Crippen molar-refractivity contribution in [2.24, 2.45) is 0 Å². The number of nitrogens with zero attached hydrogens (tertiary/aromatic N) is 4. The van der Waals surface area contributed by atoms with Crippen molar-refractivity contribution < 1.29 is 4.42 Å². The number of benzene rings is 5. The standard InChI is InChI=1S/C45H28N4O/c1-45-27-22-24-34-39(45)37-29(17-10-19-32(37)48(34)28-14-6-3-7-15-28)30-18-11-20-33-38(30)40(45)35(25-23-27)49(33)44-46-41(26-12-4-2-5-13-26)43-42(47-44)31-16-8-9-21-36(31)50-43/h2-25,39H,1H3. The smallest absolute Gasteiger partial charge is 0.236 e. The first-order valence-corrected chi connectivity index (χ1v) is 17.2. The quantitative estimate of drug-likeness (QED) is 0.193. The largest absolute Gasteiger partial charge is 0.452 e. The van der Waals surface area contributed by atoms with Crippen LogP contribution in [0.5, 0.6) is 0 Å². The van der Waals surface area contributed by atoms with Gasteiger partial charge in [-0.3, -0.25) is 4.57 Å². The van der Waals surface area contributed by atoms with Gasteiger partial charge in [-0.05, 0) is 76.4 Å². The van der Waals surface area contributed by atoms with Crippen LogP contribution in [0.25, 0.3) is 67.4 Å². The zero-order valence-electron chi connectivity index (χ0n) is 27.1. The van der Waals surface area contributed by atoms with Gasteiger partial charge in [0.15, 0.2) is 5.58 Å². The van der Waals surface area contributed by atoms with Crippen LogP contribution >= 0.6 is 0 Å². The molecule has 2 unspecified atom stereocenters. The molecular weight excluding hydrogens is 613 g/mol. The maximum Gasteiger partial charge on any atom is 0.236 e. The minimum Gasteiger partial charge on any atom is -0.452 e. The lowest BCUT2D eigenvalue weighted by Crippen LogP contribution is -2.37. The number of hydrogen-bond acceptors (Lipinski definition) is 4. The molecule has 50 heavy (non-hydrogen) atoms. The van der Waals surface area contributed by atoms with E-state index in [0.717, 1.165) is 39.0 Å². The van der Waals surface area contributed by atoms with Crippen molar-refractivity contribution in [1.29, 1.82) is 0 Å². The summed E-state index contributed by atoms with van der Waals surface area (Å²) >= 11 is 0. The minimum absolute atomic E-state index is 0.130. The molecule has 0 radical (unpaired) electrons. The van der Waals surface area contributed by atoms with Gasteiger partial charge < -0.3 is 9.32 Å². The van der Waals surface area contributed by atoms with Crippen molar-refractivity contribution in [3.8, 4) is 28.3 Å². The van der Waals surface area contributed by atoms with Crippen molar-refractivity contribution >= 4 is 50.4 Å². The van der Waals surface area contributed by atoms with Gasteiger partial charge in [-0.15, -0.1) is 0 Å². The molecule has 0 N–H and O–H groups in total. The molecule has 0 spiro atoms. The Morgan fingerprint density at radius 3 is 2.38 bits per heavy atom. The van der Waals surface area contributed by atoms with Crippen molar-refractivity contribution in [2.75, 3.05) is 4.90 Å². The van der Waals surface area contributed by atoms with E-state index in [1.807, 2.05) is 24.3 Å². The van der Waals surface area contributed by atoms with Gasteiger partial charge in [0.05, 0.1) is 16.9 Å². The third-order valence-corrected chi connectivity index (χ3v) is 11.5. The van der Waals surface area contributed by atoms with Crippen molar-refractivity contribution in [3.05, 3.63) is 168 Å². The lowest BCUT2D eigenvalue weighted by molar-refractivity contribution is 0.493. The summed E-state index contributed by atoms with van der Waals surface area (Å²) in [5, 5.41) is 2.26. The molecule has 12 rings (SSSR count). The first-order chi connectivity index (χ1) is 24.7. The van der Waals surface area contributed by atoms with Gasteiger partial charge in [0.1, 0.15) is 16.8 Å². The third kappa shape index (κ3) is 3.09. The van der Waals surface area contributed by atoms with E-state index in [9.17, 15) is 0 Å². The van der Waals surface area contributed by atoms with Gasteiger partial charge >= 0.3 is 0 Å². The minimum atomic E-state index is -0.326. The van der Waals surface area contributed by atoms with Gasteiger partial charge in [0.2, 0.25) is 5.95 Å². The van der Waals surface area contributed by atoms with Crippen LogP contribution in [-0.2, 0) is 5.41 Å². The molecule has 234 valence electrons. The molecule has 4 heterocycles. The topological polar surface area (TPSA) is 47.1 Å². The molecule has 5 nitrogen and oxygen atoms in total. The Kier molecular flexibility index (Phi) is 4.85. The van der Waals surface area contributed by atoms with Crippen LogP contribution in [0.3, 0.4) is 0 Å². The Morgan fingerprint density at radius 2 is 1.50 bits per heavy atom. The van der Waals surface area contributed by atoms with Gasteiger partial charge in [0, 0.05) is 39.1 Å². The zero-order valence-corrected chi connectivity index (χ0v) is 27.1. The Bertz CT molecular complexity index is 2890. The summed E-state index contributed by atoms with van der Waals surface area (Å²) in [4.78, 5) is 13.2. The van der Waals surface area contributed by atoms with Crippen LogP contribution in [-0.4, -0.2) is 14.5 Å². The van der Waals surface area contributed by atoms with Gasteiger partial charge in [0.25, 0.3) is 0 Å². The molecule has 5 aromatic carbocycles. The number of para-hydroxylation sites is 2. The summed E-state index contributed by atoms with van der Waals surface area (Å²) in [5.74, 6) is 0.774. The average Bonchev–Trinajstić information content (AvgIpc) is 3.81. The normalized spacial score (nSPS) is 19.3. The number of fused-ring (bicyclic) bond motifs is 4. The average molecular weight is 641 g/mol. The monoisotopic (exact) mass is 640 g/mol. The first kappa shape index (κ1) is 26.5. The highest BCUT2D eigenvalue weighted by Gasteiger charge is 2.55. The van der Waals surface area contributed by atoms with Crippen molar-refractivity contribution in [2.45, 2.75) is 18.3 Å². The molecule has 0 saturated heterocycles. The predicted molar refractivity (Wildman–Crippen MR) is 201 cm³/mol. The maximum absolute atomic E-state index is 6.48. The molecule has 3 aliphatic carbocycles. The molecule has 0 saturated carbocycles. The second-order valence-electron chi connectivity index (χ2n) is 13.9. The fourth-order valence-electron chi connectivity index (χ4n) is 9.48. The highest BCUT2D eigenvalue weighted by atomic mass is 16.3. The van der Waals surface area contributed by atoms with Gasteiger partial charge in [-0.25, -0.2) is 9.97 Å². The Hall–Kier alpha value is -6.46. The number of furan rings is 1. The second-order valence-corrected chi connectivity index (χ2v) is 13.9. The summed E-state index contributed by atoms with van der Waals surface area (Å²) in [6.07, 6.45) is 9.31. The molecule has 5 heteroatoms. The van der Waals surface area contributed by atoms with E-state index >= 15 is 0 Å². The van der Waals surface area contributed by atoms with E-state index < -0.39 is 0 Å². The Balaban J connectivity index is 1.21. The number of aromatic nitrogens is 3. The lowest BCUT2D eigenvalue weighted by Gasteiger charge is -2.43. The number of anilines is 2. The fourth-order valence-corrected chi connectivity index (χ4v) is 9.48. The summed E-state index contributed by atoms with van der Waals surface area (Å²) in [6, 6.07) is 42.9. The van der Waals surface area contributed by atoms with E-state index in [1.54, 1.807) is 0 Å². The highest BCUT2D eigenvalue weighted by molar-refractivity contribution is 6.09. The Morgan fingerprint density at radius 1 is 0.720 bits per heavy atom. The zero-order chi connectivity index (χ0) is 32.7. The van der Waals surface area contributed by atoms with Gasteiger partial charge in [-0.1, -0.05) is 104 Å². The van der Waals surface area contributed by atoms with E-state index in [1.165, 1.54) is 50.3 Å². The lowest BCUT2D eigenvalue weighted by atomic mass is 9.60. The summed E-state index contributed by atoms with van der Waals surface area (Å²) in [5.41, 5.74) is 16.4. The molecule has 2 atom stereocenters. The summed E-state index contributed by atoms with van der Waals surface area (Å²) in [7, 11) is 0. The number of rotatable bonds is 3. The number of hydrogen-bond donors (Lipinski definition) is 0. The van der Waals surface area contributed by atoms with E-state index in [0.29, 0.717) is 11.5 Å². The molecule has 1 aliphatic heterocycles. The van der Waals surface area contributed by atoms with E-state index in [2.05, 4.69) is 138 Å². The third-order valence-electron chi connectivity index (χ3n) is 11.5. The summed E-state index contributed by atoms with van der Waals surface area (Å²) < 4.78 is 8.78. The van der Waals surface area contributed by atoms with E-state index in [-0.39, 0.29) is 11.3 Å². The SMILES string of the molecule is CC12C3=CC=C4C1c1c(cccc1N4c1ccccc1)-c1cccc4c1c2c(n4-c1nc(-c2ccccc2)c2oc4ccccc4c2n1)C=C3. The van der Waals surface area contributed by atoms with Crippen LogP contribution in [0.2, 0.25) is 0 Å². The van der Waals surface area contributed by atoms with E-state index in [4.69, 9.17) is 14.4 Å². The first-order valence-electron chi connectivity index (χ1n) is 17.2. The maximum atomic E-state index is 6.48. The highest BCUT2D eigenvalue weighted by Crippen LogP contribution is 2.66. The molecule has 8 aromatic rings. The molecular formula is C45H28N4O. The fraction of sp³-hybridized carbons (Fsp3) is 0.0667. The van der Waals surface area contributed by atoms with Crippen LogP contribution in [0.4, 0.5) is 11.4 Å². The van der Waals surface area contributed by atoms with Crippen molar-refractivity contribution in [3.63, 3.8) is 0 Å². The predicted octanol–water partition coefficient (Wildman–Crippen LogP) is 11.0. The van der Waals surface area contributed by atoms with Crippen LogP contribution in [0.1, 0.15) is 29.7 Å². The van der Waals surface area contributed by atoms with Crippen LogP contribution in [0, 0.1) is 0 Å². The van der Waals surface area contributed by atoms with Gasteiger partial charge in [-0.2, -0.15) is 0 Å². The summed E-state index contributed by atoms with van der Waals surface area (Å²) in [6.45, 7) is 2.46. The van der Waals surface area contributed by atoms with Crippen molar-refractivity contribution in [1.82, 2.24) is 14.5 Å². The Labute approximate surface area is 287 Å².